The van der Waals surface area contributed by atoms with E-state index in [1.807, 2.05) is 36.5 Å². The van der Waals surface area contributed by atoms with Crippen molar-refractivity contribution in [3.63, 3.8) is 0 Å². The van der Waals surface area contributed by atoms with E-state index in [1.165, 1.54) is 16.7 Å². The van der Waals surface area contributed by atoms with E-state index in [4.69, 9.17) is 4.74 Å². The lowest BCUT2D eigenvalue weighted by Gasteiger charge is -2.19. The van der Waals surface area contributed by atoms with Gasteiger partial charge in [-0.2, -0.15) is 0 Å². The molecule has 0 aliphatic carbocycles. The number of halogens is 1. The number of aromatic nitrogens is 1. The minimum absolute atomic E-state index is 0. The number of aryl methyl sites for hydroxylation is 1. The fourth-order valence-electron chi connectivity index (χ4n) is 4.41. The van der Waals surface area contributed by atoms with Crippen LogP contribution < -0.4 is 4.74 Å². The fraction of sp³-hybridized carbons (Fsp3) is 0.370. The highest BCUT2D eigenvalue weighted by molar-refractivity contribution is 5.85. The lowest BCUT2D eigenvalue weighted by molar-refractivity contribution is 0.278. The summed E-state index contributed by atoms with van der Waals surface area (Å²) >= 11 is 0. The van der Waals surface area contributed by atoms with Gasteiger partial charge in [0.2, 0.25) is 0 Å². The minimum atomic E-state index is 0. The molecule has 1 fully saturated rings. The zero-order valence-corrected chi connectivity index (χ0v) is 19.9. The van der Waals surface area contributed by atoms with Gasteiger partial charge in [-0.1, -0.05) is 44.2 Å². The molecule has 1 aromatic heterocycles. The van der Waals surface area contributed by atoms with Gasteiger partial charge >= 0.3 is 0 Å². The summed E-state index contributed by atoms with van der Waals surface area (Å²) in [6.07, 6.45) is 3.03. The highest BCUT2D eigenvalue weighted by atomic mass is 35.5. The van der Waals surface area contributed by atoms with Gasteiger partial charge in [-0.3, -0.25) is 9.88 Å². The molecule has 4 rings (SSSR count). The monoisotopic (exact) mass is 452 g/mol. The van der Waals surface area contributed by atoms with Crippen molar-refractivity contribution in [1.29, 1.82) is 0 Å². The van der Waals surface area contributed by atoms with Gasteiger partial charge in [0.05, 0.1) is 12.3 Å². The van der Waals surface area contributed by atoms with Gasteiger partial charge in [0.25, 0.3) is 0 Å². The zero-order chi connectivity index (χ0) is 21.8. The first kappa shape index (κ1) is 24.2. The van der Waals surface area contributed by atoms with Crippen molar-refractivity contribution < 1.29 is 9.84 Å². The Kier molecular flexibility index (Phi) is 8.30. The molecular weight excluding hydrogens is 420 g/mol. The molecule has 0 saturated carbocycles. The Hall–Kier alpha value is -2.40. The lowest BCUT2D eigenvalue weighted by atomic mass is 9.93. The summed E-state index contributed by atoms with van der Waals surface area (Å²) in [5, 5.41) is 10.1. The Balaban J connectivity index is 0.00000289. The quantitative estimate of drug-likeness (QED) is 0.463. The smallest absolute Gasteiger partial charge is 0.130 e. The predicted octanol–water partition coefficient (Wildman–Crippen LogP) is 6.21. The van der Waals surface area contributed by atoms with Crippen LogP contribution in [-0.2, 0) is 13.2 Å². The Labute approximate surface area is 197 Å². The van der Waals surface area contributed by atoms with Crippen LogP contribution in [0, 0.1) is 6.92 Å². The first-order valence-corrected chi connectivity index (χ1v) is 11.2. The van der Waals surface area contributed by atoms with E-state index in [2.05, 4.69) is 54.9 Å². The number of rotatable bonds is 7. The summed E-state index contributed by atoms with van der Waals surface area (Å²) in [6, 6.07) is 18.6. The summed E-state index contributed by atoms with van der Waals surface area (Å²) < 4.78 is 6.21. The Morgan fingerprint density at radius 3 is 2.66 bits per heavy atom. The summed E-state index contributed by atoms with van der Waals surface area (Å²) in [5.41, 5.74) is 5.68. The molecule has 170 valence electrons. The first-order chi connectivity index (χ1) is 15.0. The van der Waals surface area contributed by atoms with E-state index in [0.29, 0.717) is 11.8 Å². The Morgan fingerprint density at radius 2 is 1.94 bits per heavy atom. The van der Waals surface area contributed by atoms with Crippen LogP contribution in [0.4, 0.5) is 0 Å². The van der Waals surface area contributed by atoms with Gasteiger partial charge in [0.1, 0.15) is 11.5 Å². The molecule has 1 N–H and O–H groups in total. The molecule has 1 atom stereocenters. The molecule has 0 radical (unpaired) electrons. The van der Waals surface area contributed by atoms with Crippen LogP contribution in [-0.4, -0.2) is 28.1 Å². The summed E-state index contributed by atoms with van der Waals surface area (Å²) in [7, 11) is 0. The summed E-state index contributed by atoms with van der Waals surface area (Å²) in [6.45, 7) is 9.33. The summed E-state index contributed by atoms with van der Waals surface area (Å²) in [5.74, 6) is 2.47. The second kappa shape index (κ2) is 11.0. The van der Waals surface area contributed by atoms with E-state index in [0.717, 1.165) is 48.8 Å². The van der Waals surface area contributed by atoms with Crippen LogP contribution in [0.5, 0.6) is 11.5 Å². The molecule has 1 aliphatic heterocycles. The second-order valence-electron chi connectivity index (χ2n) is 8.86. The van der Waals surface area contributed by atoms with Crippen molar-refractivity contribution in [3.8, 4) is 11.5 Å². The maximum atomic E-state index is 10.1. The standard InChI is InChI=1S/C27H32N2O2.ClH/c1-19(2)25-6-4-5-7-27(25)31-24-10-11-26(22(14-24)18-30)21-12-13-29(16-21)17-23-9-8-20(3)15-28-23;/h4-11,14-15,19,21,30H,12-13,16-18H2,1-3H3;1H. The number of likely N-dealkylation sites (tertiary alicyclic amines) is 1. The maximum absolute atomic E-state index is 10.1. The molecule has 1 saturated heterocycles. The zero-order valence-electron chi connectivity index (χ0n) is 19.1. The van der Waals surface area contributed by atoms with Crippen LogP contribution in [0.3, 0.4) is 0 Å². The van der Waals surface area contributed by atoms with Crippen LogP contribution in [0.2, 0.25) is 0 Å². The molecule has 5 heteroatoms. The van der Waals surface area contributed by atoms with Crippen molar-refractivity contribution in [3.05, 3.63) is 88.7 Å². The first-order valence-electron chi connectivity index (χ1n) is 11.2. The Morgan fingerprint density at radius 1 is 1.12 bits per heavy atom. The van der Waals surface area contributed by atoms with Crippen LogP contribution in [0.1, 0.15) is 60.1 Å². The molecule has 1 unspecified atom stereocenters. The fourth-order valence-corrected chi connectivity index (χ4v) is 4.41. The maximum Gasteiger partial charge on any atom is 0.130 e. The van der Waals surface area contributed by atoms with E-state index in [1.54, 1.807) is 0 Å². The molecule has 2 aromatic carbocycles. The topological polar surface area (TPSA) is 45.6 Å². The third-order valence-electron chi connectivity index (χ3n) is 6.12. The molecule has 0 spiro atoms. The van der Waals surface area contributed by atoms with Crippen LogP contribution in [0.25, 0.3) is 0 Å². The van der Waals surface area contributed by atoms with E-state index in [9.17, 15) is 5.11 Å². The SMILES string of the molecule is Cc1ccc(CN2CCC(c3ccc(Oc4ccccc4C(C)C)cc3CO)C2)nc1.Cl. The molecule has 4 nitrogen and oxygen atoms in total. The second-order valence-corrected chi connectivity index (χ2v) is 8.86. The highest BCUT2D eigenvalue weighted by Crippen LogP contribution is 2.35. The van der Waals surface area contributed by atoms with Crippen molar-refractivity contribution >= 4 is 12.4 Å². The lowest BCUT2D eigenvalue weighted by Crippen LogP contribution is -2.20. The Bertz CT molecular complexity index is 1020. The van der Waals surface area contributed by atoms with Crippen LogP contribution >= 0.6 is 12.4 Å². The third kappa shape index (κ3) is 5.69. The number of ether oxygens (including phenoxy) is 1. The number of hydrogen-bond donors (Lipinski definition) is 1. The van der Waals surface area contributed by atoms with E-state index in [-0.39, 0.29) is 19.0 Å². The predicted molar refractivity (Wildman–Crippen MR) is 132 cm³/mol. The van der Waals surface area contributed by atoms with Crippen molar-refractivity contribution in [1.82, 2.24) is 9.88 Å². The largest absolute Gasteiger partial charge is 0.457 e. The highest BCUT2D eigenvalue weighted by Gasteiger charge is 2.26. The average Bonchev–Trinajstić information content (AvgIpc) is 3.23. The van der Waals surface area contributed by atoms with Gasteiger partial charge in [0.15, 0.2) is 0 Å². The van der Waals surface area contributed by atoms with E-state index >= 15 is 0 Å². The molecular formula is C27H33ClN2O2. The normalized spacial score (nSPS) is 16.2. The number of aliphatic hydroxyl groups is 1. The molecule has 0 amide bonds. The molecule has 1 aliphatic rings. The van der Waals surface area contributed by atoms with Crippen LogP contribution in [0.15, 0.2) is 60.8 Å². The molecule has 2 heterocycles. The van der Waals surface area contributed by atoms with E-state index < -0.39 is 0 Å². The molecule has 32 heavy (non-hydrogen) atoms. The van der Waals surface area contributed by atoms with Gasteiger partial charge in [-0.05, 0) is 78.2 Å². The number of nitrogens with zero attached hydrogens (tertiary/aromatic N) is 2. The van der Waals surface area contributed by atoms with Gasteiger partial charge in [0, 0.05) is 19.3 Å². The van der Waals surface area contributed by atoms with Gasteiger partial charge in [-0.25, -0.2) is 0 Å². The average molecular weight is 453 g/mol. The number of para-hydroxylation sites is 1. The number of benzene rings is 2. The number of pyridine rings is 1. The number of aliphatic hydroxyl groups excluding tert-OH is 1. The van der Waals surface area contributed by atoms with Crippen molar-refractivity contribution in [2.24, 2.45) is 0 Å². The third-order valence-corrected chi connectivity index (χ3v) is 6.12. The summed E-state index contributed by atoms with van der Waals surface area (Å²) in [4.78, 5) is 7.00. The van der Waals surface area contributed by atoms with Gasteiger partial charge < -0.3 is 9.84 Å². The molecule has 3 aromatic rings. The van der Waals surface area contributed by atoms with Gasteiger partial charge in [-0.15, -0.1) is 12.4 Å². The van der Waals surface area contributed by atoms with Crippen molar-refractivity contribution in [2.75, 3.05) is 13.1 Å². The van der Waals surface area contributed by atoms with Crippen molar-refractivity contribution in [2.45, 2.75) is 52.2 Å². The minimum Gasteiger partial charge on any atom is -0.457 e. The number of hydrogen-bond acceptors (Lipinski definition) is 4. The molecule has 0 bridgehead atoms.